The van der Waals surface area contributed by atoms with Crippen LogP contribution in [0.5, 0.6) is 11.5 Å². The van der Waals surface area contributed by atoms with Crippen molar-refractivity contribution >= 4 is 11.6 Å². The van der Waals surface area contributed by atoms with Gasteiger partial charge in [0.1, 0.15) is 11.5 Å². The van der Waals surface area contributed by atoms with E-state index in [4.69, 9.17) is 16.3 Å². The van der Waals surface area contributed by atoms with Crippen LogP contribution in [0.2, 0.25) is 5.02 Å². The van der Waals surface area contributed by atoms with Gasteiger partial charge >= 0.3 is 0 Å². The quantitative estimate of drug-likeness (QED) is 0.887. The fourth-order valence-electron chi connectivity index (χ4n) is 2.39. The highest BCUT2D eigenvalue weighted by Crippen LogP contribution is 2.30. The van der Waals surface area contributed by atoms with Gasteiger partial charge in [-0.3, -0.25) is 0 Å². The van der Waals surface area contributed by atoms with Crippen molar-refractivity contribution in [2.75, 3.05) is 6.54 Å². The molecule has 98 valence electrons. The van der Waals surface area contributed by atoms with E-state index in [1.54, 1.807) is 0 Å². The van der Waals surface area contributed by atoms with Crippen LogP contribution in [0.4, 0.5) is 0 Å². The maximum atomic E-state index is 5.99. The van der Waals surface area contributed by atoms with Crippen molar-refractivity contribution in [1.82, 2.24) is 5.32 Å². The molecule has 2 aromatic carbocycles. The summed E-state index contributed by atoms with van der Waals surface area (Å²) in [5.41, 5.74) is 2.66. The van der Waals surface area contributed by atoms with Crippen LogP contribution < -0.4 is 10.1 Å². The summed E-state index contributed by atoms with van der Waals surface area (Å²) in [6.45, 7) is 1.94. The van der Waals surface area contributed by atoms with Crippen LogP contribution in [0, 0.1) is 0 Å². The van der Waals surface area contributed by atoms with Crippen LogP contribution in [0.25, 0.3) is 0 Å². The van der Waals surface area contributed by atoms with Gasteiger partial charge in [0.05, 0.1) is 0 Å². The molecular weight excluding hydrogens is 258 g/mol. The van der Waals surface area contributed by atoms with Gasteiger partial charge in [0, 0.05) is 17.1 Å². The average Bonchev–Trinajstić information content (AvgIpc) is 2.67. The summed E-state index contributed by atoms with van der Waals surface area (Å²) in [7, 11) is 0. The second kappa shape index (κ2) is 5.64. The SMILES string of the molecule is Clc1ccc(Oc2cccc3c2CNCCC3)cc1. The Kier molecular flexibility index (Phi) is 3.72. The van der Waals surface area contributed by atoms with Gasteiger partial charge in [-0.15, -0.1) is 0 Å². The number of aryl methyl sites for hydroxylation is 1. The average molecular weight is 274 g/mol. The lowest BCUT2D eigenvalue weighted by Crippen LogP contribution is -2.12. The Bertz CT molecular complexity index is 565. The number of nitrogens with one attached hydrogen (secondary N) is 1. The Morgan fingerprint density at radius 3 is 2.74 bits per heavy atom. The maximum Gasteiger partial charge on any atom is 0.132 e. The van der Waals surface area contributed by atoms with Crippen molar-refractivity contribution in [2.24, 2.45) is 0 Å². The predicted octanol–water partition coefficient (Wildman–Crippen LogP) is 4.17. The molecule has 0 saturated carbocycles. The van der Waals surface area contributed by atoms with Gasteiger partial charge in [-0.25, -0.2) is 0 Å². The van der Waals surface area contributed by atoms with Crippen LogP contribution in [0.3, 0.4) is 0 Å². The molecule has 0 amide bonds. The van der Waals surface area contributed by atoms with Crippen molar-refractivity contribution < 1.29 is 4.74 Å². The predicted molar refractivity (Wildman–Crippen MR) is 78.0 cm³/mol. The molecule has 0 aliphatic carbocycles. The third-order valence-electron chi connectivity index (χ3n) is 3.37. The summed E-state index contributed by atoms with van der Waals surface area (Å²) in [5.74, 6) is 1.76. The zero-order valence-corrected chi connectivity index (χ0v) is 11.4. The van der Waals surface area contributed by atoms with Crippen LogP contribution in [-0.2, 0) is 13.0 Å². The molecule has 0 aromatic heterocycles. The zero-order valence-electron chi connectivity index (χ0n) is 10.7. The second-order valence-electron chi connectivity index (χ2n) is 4.73. The van der Waals surface area contributed by atoms with Crippen molar-refractivity contribution in [3.05, 3.63) is 58.6 Å². The van der Waals surface area contributed by atoms with E-state index < -0.39 is 0 Å². The van der Waals surface area contributed by atoms with Crippen LogP contribution >= 0.6 is 11.6 Å². The number of hydrogen-bond donors (Lipinski definition) is 1. The second-order valence-corrected chi connectivity index (χ2v) is 5.17. The molecule has 0 fully saturated rings. The molecular formula is C16H16ClNO. The van der Waals surface area contributed by atoms with E-state index in [2.05, 4.69) is 17.4 Å². The molecule has 3 heteroatoms. The molecule has 19 heavy (non-hydrogen) atoms. The maximum absolute atomic E-state index is 5.99. The lowest BCUT2D eigenvalue weighted by molar-refractivity contribution is 0.473. The molecule has 1 aliphatic heterocycles. The Hall–Kier alpha value is -1.51. The largest absolute Gasteiger partial charge is 0.457 e. The Labute approximate surface area is 118 Å². The van der Waals surface area contributed by atoms with Crippen molar-refractivity contribution in [3.63, 3.8) is 0 Å². The molecule has 0 saturated heterocycles. The van der Waals surface area contributed by atoms with Gasteiger partial charge < -0.3 is 10.1 Å². The van der Waals surface area contributed by atoms with Crippen LogP contribution in [0.1, 0.15) is 17.5 Å². The third kappa shape index (κ3) is 2.91. The highest BCUT2D eigenvalue weighted by molar-refractivity contribution is 6.30. The Morgan fingerprint density at radius 2 is 1.89 bits per heavy atom. The van der Waals surface area contributed by atoms with E-state index in [1.807, 2.05) is 30.3 Å². The molecule has 0 spiro atoms. The third-order valence-corrected chi connectivity index (χ3v) is 3.62. The standard InChI is InChI=1S/C16H16ClNO/c17-13-6-8-14(9-7-13)19-16-5-1-3-12-4-2-10-18-11-15(12)16/h1,3,5-9,18H,2,4,10-11H2. The van der Waals surface area contributed by atoms with E-state index in [0.29, 0.717) is 0 Å². The van der Waals surface area contributed by atoms with Crippen LogP contribution in [-0.4, -0.2) is 6.54 Å². The first kappa shape index (κ1) is 12.5. The molecule has 1 heterocycles. The summed E-state index contributed by atoms with van der Waals surface area (Å²) in [5, 5.41) is 4.16. The molecule has 1 aliphatic rings. The lowest BCUT2D eigenvalue weighted by atomic mass is 10.0. The zero-order chi connectivity index (χ0) is 13.1. The normalized spacial score (nSPS) is 14.6. The summed E-state index contributed by atoms with van der Waals surface area (Å²) in [6.07, 6.45) is 2.29. The van der Waals surface area contributed by atoms with Gasteiger partial charge in [-0.1, -0.05) is 23.7 Å². The van der Waals surface area contributed by atoms with E-state index in [0.717, 1.165) is 36.0 Å². The van der Waals surface area contributed by atoms with E-state index in [1.165, 1.54) is 17.5 Å². The van der Waals surface area contributed by atoms with Gasteiger partial charge in [0.2, 0.25) is 0 Å². The smallest absolute Gasteiger partial charge is 0.132 e. The topological polar surface area (TPSA) is 21.3 Å². The first-order valence-electron chi connectivity index (χ1n) is 6.58. The van der Waals surface area contributed by atoms with E-state index in [9.17, 15) is 0 Å². The molecule has 0 atom stereocenters. The van der Waals surface area contributed by atoms with Crippen molar-refractivity contribution in [2.45, 2.75) is 19.4 Å². The number of fused-ring (bicyclic) bond motifs is 1. The van der Waals surface area contributed by atoms with Gasteiger partial charge in [0.25, 0.3) is 0 Å². The molecule has 2 aromatic rings. The Balaban J connectivity index is 1.90. The molecule has 0 unspecified atom stereocenters. The highest BCUT2D eigenvalue weighted by atomic mass is 35.5. The molecule has 1 N–H and O–H groups in total. The van der Waals surface area contributed by atoms with Crippen molar-refractivity contribution in [3.8, 4) is 11.5 Å². The lowest BCUT2D eigenvalue weighted by Gasteiger charge is -2.13. The minimum atomic E-state index is 0.723. The minimum absolute atomic E-state index is 0.723. The Morgan fingerprint density at radius 1 is 1.05 bits per heavy atom. The summed E-state index contributed by atoms with van der Waals surface area (Å²) < 4.78 is 5.99. The van der Waals surface area contributed by atoms with Gasteiger partial charge in [-0.05, 0) is 55.3 Å². The molecule has 2 nitrogen and oxygen atoms in total. The fraction of sp³-hybridized carbons (Fsp3) is 0.250. The number of ether oxygens (including phenoxy) is 1. The number of benzene rings is 2. The monoisotopic (exact) mass is 273 g/mol. The van der Waals surface area contributed by atoms with Gasteiger partial charge in [0.15, 0.2) is 0 Å². The number of hydrogen-bond acceptors (Lipinski definition) is 2. The first-order chi connectivity index (χ1) is 9.33. The van der Waals surface area contributed by atoms with E-state index in [-0.39, 0.29) is 0 Å². The van der Waals surface area contributed by atoms with Crippen LogP contribution in [0.15, 0.2) is 42.5 Å². The summed E-state index contributed by atoms with van der Waals surface area (Å²) in [4.78, 5) is 0. The summed E-state index contributed by atoms with van der Waals surface area (Å²) >= 11 is 5.89. The van der Waals surface area contributed by atoms with Crippen molar-refractivity contribution in [1.29, 1.82) is 0 Å². The highest BCUT2D eigenvalue weighted by Gasteiger charge is 2.12. The molecule has 0 bridgehead atoms. The van der Waals surface area contributed by atoms with Gasteiger partial charge in [-0.2, -0.15) is 0 Å². The minimum Gasteiger partial charge on any atom is -0.457 e. The number of halogens is 1. The molecule has 3 rings (SSSR count). The number of rotatable bonds is 2. The molecule has 0 radical (unpaired) electrons. The first-order valence-corrected chi connectivity index (χ1v) is 6.95. The summed E-state index contributed by atoms with van der Waals surface area (Å²) in [6, 6.07) is 13.8. The fourth-order valence-corrected chi connectivity index (χ4v) is 2.51. The van der Waals surface area contributed by atoms with E-state index >= 15 is 0 Å².